The summed E-state index contributed by atoms with van der Waals surface area (Å²) in [5.41, 5.74) is 0.434. The van der Waals surface area contributed by atoms with Gasteiger partial charge in [0.15, 0.2) is 0 Å². The molecule has 0 spiro atoms. The van der Waals surface area contributed by atoms with Crippen molar-refractivity contribution in [1.82, 2.24) is 9.97 Å². The Balaban J connectivity index is 2.08. The average molecular weight is 244 g/mol. The van der Waals surface area contributed by atoms with E-state index in [9.17, 15) is 4.79 Å². The van der Waals surface area contributed by atoms with Gasteiger partial charge in [-0.1, -0.05) is 0 Å². The van der Waals surface area contributed by atoms with Crippen LogP contribution in [0.3, 0.4) is 0 Å². The van der Waals surface area contributed by atoms with Crippen molar-refractivity contribution >= 4 is 29.5 Å². The van der Waals surface area contributed by atoms with Crippen LogP contribution in [0.5, 0.6) is 0 Å². The molecule has 1 saturated heterocycles. The van der Waals surface area contributed by atoms with Crippen molar-refractivity contribution in [1.29, 1.82) is 0 Å². The van der Waals surface area contributed by atoms with Gasteiger partial charge in [0, 0.05) is 17.3 Å². The normalized spacial score (nSPS) is 21.3. The van der Waals surface area contributed by atoms with Crippen LogP contribution in [0.2, 0.25) is 0 Å². The Labute approximate surface area is 96.6 Å². The first-order valence-corrected chi connectivity index (χ1v) is 6.84. The van der Waals surface area contributed by atoms with E-state index in [0.29, 0.717) is 10.9 Å². The zero-order valence-electron chi connectivity index (χ0n) is 8.36. The number of methoxy groups -OCH3 is 1. The van der Waals surface area contributed by atoms with Crippen LogP contribution in [0.15, 0.2) is 6.20 Å². The molecular formula is C9H12N2O2S2. The van der Waals surface area contributed by atoms with E-state index in [-0.39, 0.29) is 5.97 Å². The number of aromatic nitrogens is 2. The van der Waals surface area contributed by atoms with E-state index in [1.54, 1.807) is 6.20 Å². The largest absolute Gasteiger partial charge is 0.464 e. The zero-order valence-corrected chi connectivity index (χ0v) is 9.99. The van der Waals surface area contributed by atoms with Crippen molar-refractivity contribution in [3.05, 3.63) is 17.7 Å². The highest BCUT2D eigenvalue weighted by Gasteiger charge is 2.20. The van der Waals surface area contributed by atoms with Gasteiger partial charge < -0.3 is 9.72 Å². The molecule has 1 aliphatic heterocycles. The number of H-pyrrole nitrogens is 1. The van der Waals surface area contributed by atoms with E-state index in [1.165, 1.54) is 12.9 Å². The van der Waals surface area contributed by atoms with Gasteiger partial charge in [0.25, 0.3) is 0 Å². The van der Waals surface area contributed by atoms with Gasteiger partial charge in [-0.3, -0.25) is 0 Å². The number of imidazole rings is 1. The lowest BCUT2D eigenvalue weighted by molar-refractivity contribution is 0.0594. The van der Waals surface area contributed by atoms with Crippen LogP contribution in [-0.4, -0.2) is 40.3 Å². The van der Waals surface area contributed by atoms with Crippen LogP contribution >= 0.6 is 23.5 Å². The van der Waals surface area contributed by atoms with Gasteiger partial charge in [0.1, 0.15) is 11.5 Å². The number of carbonyl (C=O) groups is 1. The van der Waals surface area contributed by atoms with Gasteiger partial charge in [-0.25, -0.2) is 9.78 Å². The number of nitrogens with zero attached hydrogens (tertiary/aromatic N) is 1. The summed E-state index contributed by atoms with van der Waals surface area (Å²) >= 11 is 3.81. The molecule has 1 fully saturated rings. The van der Waals surface area contributed by atoms with Crippen LogP contribution in [0.1, 0.15) is 21.6 Å². The molecule has 0 aliphatic carbocycles. The molecule has 1 N–H and O–H groups in total. The number of carbonyl (C=O) groups excluding carboxylic acids is 1. The Hall–Kier alpha value is -0.620. The van der Waals surface area contributed by atoms with E-state index >= 15 is 0 Å². The first kappa shape index (κ1) is 10.9. The zero-order chi connectivity index (χ0) is 10.7. The maximum Gasteiger partial charge on any atom is 0.356 e. The third-order valence-corrected chi connectivity index (χ3v) is 4.89. The van der Waals surface area contributed by atoms with Crippen LogP contribution in [0, 0.1) is 0 Å². The van der Waals surface area contributed by atoms with E-state index in [2.05, 4.69) is 14.7 Å². The number of esters is 1. The van der Waals surface area contributed by atoms with Crippen molar-refractivity contribution in [3.63, 3.8) is 0 Å². The SMILES string of the molecule is COC(=O)c1cnc(C2CSCCS2)[nH]1. The monoisotopic (exact) mass is 244 g/mol. The van der Waals surface area contributed by atoms with E-state index in [0.717, 1.165) is 17.3 Å². The lowest BCUT2D eigenvalue weighted by Gasteiger charge is -2.18. The smallest absolute Gasteiger partial charge is 0.356 e. The van der Waals surface area contributed by atoms with E-state index in [1.807, 2.05) is 23.5 Å². The van der Waals surface area contributed by atoms with Crippen molar-refractivity contribution in [2.75, 3.05) is 24.4 Å². The molecule has 82 valence electrons. The minimum absolute atomic E-state index is 0.359. The number of hydrogen-bond acceptors (Lipinski definition) is 5. The third-order valence-electron chi connectivity index (χ3n) is 2.12. The topological polar surface area (TPSA) is 55.0 Å². The highest BCUT2D eigenvalue weighted by Crippen LogP contribution is 2.35. The molecule has 1 aromatic rings. The quantitative estimate of drug-likeness (QED) is 0.803. The van der Waals surface area contributed by atoms with E-state index < -0.39 is 0 Å². The van der Waals surface area contributed by atoms with Crippen molar-refractivity contribution < 1.29 is 9.53 Å². The lowest BCUT2D eigenvalue weighted by atomic mass is 10.4. The molecule has 0 saturated carbocycles. The Morgan fingerprint density at radius 1 is 1.67 bits per heavy atom. The molecule has 1 unspecified atom stereocenters. The highest BCUT2D eigenvalue weighted by molar-refractivity contribution is 8.06. The summed E-state index contributed by atoms with van der Waals surface area (Å²) in [6.45, 7) is 0. The molecule has 1 aromatic heterocycles. The van der Waals surface area contributed by atoms with Crippen LogP contribution < -0.4 is 0 Å². The molecular weight excluding hydrogens is 232 g/mol. The fourth-order valence-corrected chi connectivity index (χ4v) is 3.99. The van der Waals surface area contributed by atoms with Crippen molar-refractivity contribution in [3.8, 4) is 0 Å². The van der Waals surface area contributed by atoms with Crippen molar-refractivity contribution in [2.45, 2.75) is 5.25 Å². The summed E-state index contributed by atoms with van der Waals surface area (Å²) in [5.74, 6) is 3.92. The molecule has 0 radical (unpaired) electrons. The van der Waals surface area contributed by atoms with Gasteiger partial charge in [0.05, 0.1) is 18.6 Å². The minimum Gasteiger partial charge on any atom is -0.464 e. The summed E-state index contributed by atoms with van der Waals surface area (Å²) in [6.07, 6.45) is 1.54. The lowest BCUT2D eigenvalue weighted by Crippen LogP contribution is -2.08. The summed E-state index contributed by atoms with van der Waals surface area (Å²) < 4.78 is 4.61. The predicted octanol–water partition coefficient (Wildman–Crippen LogP) is 1.72. The van der Waals surface area contributed by atoms with Gasteiger partial charge >= 0.3 is 5.97 Å². The first-order chi connectivity index (χ1) is 7.31. The summed E-state index contributed by atoms with van der Waals surface area (Å²) in [4.78, 5) is 18.4. The summed E-state index contributed by atoms with van der Waals surface area (Å²) in [5, 5.41) is 0.377. The Bertz CT molecular complexity index is 348. The second-order valence-electron chi connectivity index (χ2n) is 3.11. The Morgan fingerprint density at radius 2 is 2.53 bits per heavy atom. The molecule has 0 bridgehead atoms. The van der Waals surface area contributed by atoms with Crippen LogP contribution in [0.4, 0.5) is 0 Å². The molecule has 2 rings (SSSR count). The average Bonchev–Trinajstić information content (AvgIpc) is 2.78. The van der Waals surface area contributed by atoms with Gasteiger partial charge in [-0.05, 0) is 0 Å². The molecule has 1 atom stereocenters. The second kappa shape index (κ2) is 4.94. The molecule has 0 aromatic carbocycles. The molecule has 6 heteroatoms. The first-order valence-electron chi connectivity index (χ1n) is 4.64. The standard InChI is InChI=1S/C9H12N2O2S2/c1-13-9(12)6-4-10-8(11-6)7-5-14-2-3-15-7/h4,7H,2-3,5H2,1H3,(H,10,11). The maximum absolute atomic E-state index is 11.2. The molecule has 4 nitrogen and oxygen atoms in total. The molecule has 0 amide bonds. The fraction of sp³-hybridized carbons (Fsp3) is 0.556. The van der Waals surface area contributed by atoms with Crippen LogP contribution in [0.25, 0.3) is 0 Å². The maximum atomic E-state index is 11.2. The molecule has 2 heterocycles. The van der Waals surface area contributed by atoms with Gasteiger partial charge in [0.2, 0.25) is 0 Å². The number of nitrogens with one attached hydrogen (secondary N) is 1. The summed E-state index contributed by atoms with van der Waals surface area (Å²) in [6, 6.07) is 0. The number of rotatable bonds is 2. The Morgan fingerprint density at radius 3 is 3.20 bits per heavy atom. The Kier molecular flexibility index (Phi) is 3.58. The molecule has 15 heavy (non-hydrogen) atoms. The fourth-order valence-electron chi connectivity index (χ4n) is 1.36. The number of hydrogen-bond donors (Lipinski definition) is 1. The number of thioether (sulfide) groups is 2. The predicted molar refractivity (Wildman–Crippen MR) is 62.5 cm³/mol. The van der Waals surface area contributed by atoms with Gasteiger partial charge in [-0.15, -0.1) is 11.8 Å². The van der Waals surface area contributed by atoms with Crippen molar-refractivity contribution in [2.24, 2.45) is 0 Å². The summed E-state index contributed by atoms with van der Waals surface area (Å²) in [7, 11) is 1.37. The number of aromatic amines is 1. The molecule has 1 aliphatic rings. The highest BCUT2D eigenvalue weighted by atomic mass is 32.2. The second-order valence-corrected chi connectivity index (χ2v) is 5.57. The van der Waals surface area contributed by atoms with Gasteiger partial charge in [-0.2, -0.15) is 11.8 Å². The van der Waals surface area contributed by atoms with E-state index in [4.69, 9.17) is 0 Å². The number of ether oxygens (including phenoxy) is 1. The third kappa shape index (κ3) is 2.49. The minimum atomic E-state index is -0.359. The van der Waals surface area contributed by atoms with Crippen LogP contribution in [-0.2, 0) is 4.74 Å².